The molecule has 3 fully saturated rings. The molecule has 11 nitrogen and oxygen atoms in total. The maximum absolute atomic E-state index is 13.3. The largest absolute Gasteiger partial charge is 0.424 e. The SMILES string of the molecule is N#COC1CCC(NC(=O)N(C(=O)NC2CCC(N=C=O)CC2)C2CCC(N=C=O)CC2)CC1. The van der Waals surface area contributed by atoms with E-state index in [2.05, 4.69) is 20.6 Å². The number of hydrogen-bond acceptors (Lipinski definition) is 8. The highest BCUT2D eigenvalue weighted by Gasteiger charge is 2.36. The number of hydrogen-bond donors (Lipinski definition) is 2. The number of ether oxygens (including phenoxy) is 1. The van der Waals surface area contributed by atoms with Gasteiger partial charge in [-0.1, -0.05) is 0 Å². The van der Waals surface area contributed by atoms with E-state index in [1.807, 2.05) is 0 Å². The molecule has 0 unspecified atom stereocenters. The quantitative estimate of drug-likeness (QED) is 0.344. The summed E-state index contributed by atoms with van der Waals surface area (Å²) in [5.41, 5.74) is 0. The Morgan fingerprint density at radius 1 is 0.735 bits per heavy atom. The van der Waals surface area contributed by atoms with Crippen molar-refractivity contribution in [1.82, 2.24) is 15.5 Å². The molecule has 0 spiro atoms. The van der Waals surface area contributed by atoms with Gasteiger partial charge in [-0.15, -0.1) is 0 Å². The van der Waals surface area contributed by atoms with Crippen molar-refractivity contribution >= 4 is 24.2 Å². The number of imide groups is 1. The van der Waals surface area contributed by atoms with Crippen molar-refractivity contribution in [2.75, 3.05) is 0 Å². The Kier molecular flexibility index (Phi) is 9.62. The van der Waals surface area contributed by atoms with Crippen LogP contribution in [0.3, 0.4) is 0 Å². The Morgan fingerprint density at radius 3 is 1.62 bits per heavy atom. The first-order valence-corrected chi connectivity index (χ1v) is 12.1. The molecule has 4 amide bonds. The third-order valence-electron chi connectivity index (χ3n) is 7.19. The number of amides is 4. The average Bonchev–Trinajstić information content (AvgIpc) is 2.83. The van der Waals surface area contributed by atoms with Gasteiger partial charge in [-0.3, -0.25) is 0 Å². The van der Waals surface area contributed by atoms with Crippen molar-refractivity contribution in [3.63, 3.8) is 0 Å². The van der Waals surface area contributed by atoms with E-state index in [4.69, 9.17) is 10.00 Å². The fourth-order valence-electron chi connectivity index (χ4n) is 5.26. The predicted octanol–water partition coefficient (Wildman–Crippen LogP) is 2.81. The lowest BCUT2D eigenvalue weighted by Crippen LogP contribution is -2.58. The third-order valence-corrected chi connectivity index (χ3v) is 7.19. The van der Waals surface area contributed by atoms with Gasteiger partial charge in [0.25, 0.3) is 6.26 Å². The monoisotopic (exact) mass is 472 g/mol. The van der Waals surface area contributed by atoms with E-state index in [1.165, 1.54) is 4.90 Å². The Bertz CT molecular complexity index is 838. The number of rotatable bonds is 6. The number of nitrogens with zero attached hydrogens (tertiary/aromatic N) is 4. The number of carbonyl (C=O) groups is 2. The summed E-state index contributed by atoms with van der Waals surface area (Å²) in [5.74, 6) is 0. The molecule has 0 aromatic rings. The van der Waals surface area contributed by atoms with E-state index in [-0.39, 0.29) is 36.3 Å². The second-order valence-corrected chi connectivity index (χ2v) is 9.36. The number of aliphatic imine (C=N–C) groups is 2. The third kappa shape index (κ3) is 7.14. The number of urea groups is 2. The normalized spacial score (nSPS) is 30.9. The van der Waals surface area contributed by atoms with Crippen LogP contribution in [0.5, 0.6) is 0 Å². The molecule has 0 aliphatic heterocycles. The average molecular weight is 473 g/mol. The van der Waals surface area contributed by atoms with Crippen LogP contribution < -0.4 is 10.6 Å². The summed E-state index contributed by atoms with van der Waals surface area (Å²) in [5, 5.41) is 14.7. The van der Waals surface area contributed by atoms with Crippen LogP contribution in [-0.2, 0) is 14.3 Å². The Morgan fingerprint density at radius 2 is 1.18 bits per heavy atom. The summed E-state index contributed by atoms with van der Waals surface area (Å²) in [6, 6.07) is -1.49. The van der Waals surface area contributed by atoms with Crippen LogP contribution in [-0.4, -0.2) is 65.4 Å². The molecule has 0 heterocycles. The predicted molar refractivity (Wildman–Crippen MR) is 120 cm³/mol. The van der Waals surface area contributed by atoms with Crippen LogP contribution in [0.2, 0.25) is 0 Å². The molecule has 184 valence electrons. The standard InChI is InChI=1S/C23H32N6O5/c24-13-34-21-11-7-19(8-12-21)28-23(33)29(20-9-5-17(6-10-20)26-15-31)22(32)27-18-3-1-16(2-4-18)25-14-30/h16-21H,1-12H2,(H,27,32)(H,28,33). The lowest BCUT2D eigenvalue weighted by Gasteiger charge is -2.37. The molecule has 0 saturated heterocycles. The lowest BCUT2D eigenvalue weighted by molar-refractivity contribution is 0.105. The second kappa shape index (κ2) is 12.9. The van der Waals surface area contributed by atoms with Crippen molar-refractivity contribution in [2.24, 2.45) is 9.98 Å². The molecule has 2 N–H and O–H groups in total. The number of isocyanates is 2. The fourth-order valence-corrected chi connectivity index (χ4v) is 5.26. The highest BCUT2D eigenvalue weighted by molar-refractivity contribution is 5.94. The molecule has 0 aromatic heterocycles. The molecular weight excluding hydrogens is 440 g/mol. The summed E-state index contributed by atoms with van der Waals surface area (Å²) in [4.78, 5) is 56.5. The van der Waals surface area contributed by atoms with Crippen LogP contribution in [0, 0.1) is 11.5 Å². The van der Waals surface area contributed by atoms with Gasteiger partial charge in [0, 0.05) is 18.1 Å². The van der Waals surface area contributed by atoms with Gasteiger partial charge in [0.1, 0.15) is 6.10 Å². The van der Waals surface area contributed by atoms with Crippen molar-refractivity contribution in [1.29, 1.82) is 5.26 Å². The van der Waals surface area contributed by atoms with Gasteiger partial charge >= 0.3 is 12.1 Å². The molecule has 34 heavy (non-hydrogen) atoms. The topological polar surface area (TPSA) is 153 Å². The van der Waals surface area contributed by atoms with Crippen molar-refractivity contribution in [3.05, 3.63) is 0 Å². The van der Waals surface area contributed by atoms with E-state index in [9.17, 15) is 19.2 Å². The molecule has 0 radical (unpaired) electrons. The van der Waals surface area contributed by atoms with Gasteiger partial charge < -0.3 is 15.4 Å². The van der Waals surface area contributed by atoms with E-state index >= 15 is 0 Å². The van der Waals surface area contributed by atoms with Crippen molar-refractivity contribution < 1.29 is 23.9 Å². The second-order valence-electron chi connectivity index (χ2n) is 9.36. The maximum atomic E-state index is 13.3. The fraction of sp³-hybridized carbons (Fsp3) is 0.783. The van der Waals surface area contributed by atoms with Crippen molar-refractivity contribution in [3.8, 4) is 6.26 Å². The van der Waals surface area contributed by atoms with E-state index in [1.54, 1.807) is 18.4 Å². The van der Waals surface area contributed by atoms with Gasteiger partial charge in [-0.2, -0.15) is 5.26 Å². The number of nitrogens with one attached hydrogen (secondary N) is 2. The summed E-state index contributed by atoms with van der Waals surface area (Å²) in [7, 11) is 0. The molecule has 3 rings (SSSR count). The maximum Gasteiger partial charge on any atom is 0.326 e. The summed E-state index contributed by atoms with van der Waals surface area (Å²) >= 11 is 0. The molecule has 3 saturated carbocycles. The van der Waals surface area contributed by atoms with Crippen LogP contribution >= 0.6 is 0 Å². The van der Waals surface area contributed by atoms with E-state index < -0.39 is 12.1 Å². The Labute approximate surface area is 199 Å². The minimum absolute atomic E-state index is 0.0566. The lowest BCUT2D eigenvalue weighted by atomic mass is 9.90. The number of nitriles is 1. The summed E-state index contributed by atoms with van der Waals surface area (Å²) in [6.07, 6.45) is 12.6. The number of carbonyl (C=O) groups excluding carboxylic acids is 4. The minimum atomic E-state index is -0.427. The van der Waals surface area contributed by atoms with E-state index in [0.29, 0.717) is 77.0 Å². The first kappa shape index (κ1) is 25.4. The minimum Gasteiger partial charge on any atom is -0.424 e. The van der Waals surface area contributed by atoms with Crippen LogP contribution in [0.25, 0.3) is 0 Å². The molecule has 0 atom stereocenters. The zero-order valence-electron chi connectivity index (χ0n) is 19.3. The molecule has 11 heteroatoms. The summed E-state index contributed by atoms with van der Waals surface area (Å²) < 4.78 is 5.01. The van der Waals surface area contributed by atoms with Crippen LogP contribution in [0.15, 0.2) is 9.98 Å². The van der Waals surface area contributed by atoms with Crippen molar-refractivity contribution in [2.45, 2.75) is 113 Å². The molecule has 0 aromatic carbocycles. The molecule has 0 bridgehead atoms. The molecule has 3 aliphatic rings. The Hall–Kier alpha value is -3.21. The Balaban J connectivity index is 1.61. The smallest absolute Gasteiger partial charge is 0.326 e. The first-order valence-electron chi connectivity index (χ1n) is 12.1. The first-order chi connectivity index (χ1) is 16.5. The zero-order chi connectivity index (χ0) is 24.3. The van der Waals surface area contributed by atoms with E-state index in [0.717, 1.165) is 0 Å². The summed E-state index contributed by atoms with van der Waals surface area (Å²) in [6.45, 7) is 0. The highest BCUT2D eigenvalue weighted by atomic mass is 16.5. The zero-order valence-corrected chi connectivity index (χ0v) is 19.3. The molecular formula is C23H32N6O5. The highest BCUT2D eigenvalue weighted by Crippen LogP contribution is 2.27. The van der Waals surface area contributed by atoms with Crippen LogP contribution in [0.1, 0.15) is 77.0 Å². The van der Waals surface area contributed by atoms with Crippen LogP contribution in [0.4, 0.5) is 9.59 Å². The van der Waals surface area contributed by atoms with Gasteiger partial charge in [0.15, 0.2) is 0 Å². The van der Waals surface area contributed by atoms with Gasteiger partial charge in [-0.25, -0.2) is 34.1 Å². The van der Waals surface area contributed by atoms with Gasteiger partial charge in [0.05, 0.1) is 12.1 Å². The van der Waals surface area contributed by atoms with Gasteiger partial charge in [0.2, 0.25) is 12.2 Å². The van der Waals surface area contributed by atoms with Gasteiger partial charge in [-0.05, 0) is 77.0 Å². The molecule has 3 aliphatic carbocycles.